The van der Waals surface area contributed by atoms with Gasteiger partial charge in [-0.15, -0.1) is 0 Å². The molecule has 0 aliphatic rings. The summed E-state index contributed by atoms with van der Waals surface area (Å²) in [5, 5.41) is 9.13. The molecule has 15 nitrogen and oxygen atoms in total. The molecule has 47 heavy (non-hydrogen) atoms. The number of amides is 4. The molecule has 15 heteroatoms. The van der Waals surface area contributed by atoms with Gasteiger partial charge in [0.1, 0.15) is 36.5 Å². The number of hydrogen-bond acceptors (Lipinski definition) is 11. The molecular formula is C32H42N4O11. The Bertz CT molecular complexity index is 1250. The SMILES string of the molecule is CC(C)(C)OC(=O)NC(CNC(=O)OCc1ccccc1)C(=O)OC(=O)C(CNC(=O)OCc1ccccc1)NC(=O)OC(C)(C)C. The van der Waals surface area contributed by atoms with Gasteiger partial charge in [-0.05, 0) is 52.7 Å². The van der Waals surface area contributed by atoms with E-state index in [0.29, 0.717) is 11.1 Å². The molecule has 4 amide bonds. The van der Waals surface area contributed by atoms with Crippen molar-refractivity contribution in [3.05, 3.63) is 71.8 Å². The summed E-state index contributed by atoms with van der Waals surface area (Å²) in [6, 6.07) is 14.3. The van der Waals surface area contributed by atoms with E-state index in [1.165, 1.54) is 0 Å². The van der Waals surface area contributed by atoms with E-state index in [9.17, 15) is 28.8 Å². The molecule has 0 aromatic heterocycles. The Balaban J connectivity index is 2.10. The molecule has 0 aliphatic carbocycles. The lowest BCUT2D eigenvalue weighted by molar-refractivity contribution is -0.162. The Kier molecular flexibility index (Phi) is 14.5. The second-order valence-electron chi connectivity index (χ2n) is 12.0. The summed E-state index contributed by atoms with van der Waals surface area (Å²) in [7, 11) is 0. The fourth-order valence-electron chi connectivity index (χ4n) is 3.45. The number of carbonyl (C=O) groups is 6. The Labute approximate surface area is 273 Å². The van der Waals surface area contributed by atoms with Gasteiger partial charge in [0, 0.05) is 0 Å². The number of benzene rings is 2. The molecule has 2 aromatic rings. The number of carbonyl (C=O) groups excluding carboxylic acids is 6. The molecule has 4 N–H and O–H groups in total. The molecule has 0 aliphatic heterocycles. The normalized spacial score (nSPS) is 12.3. The van der Waals surface area contributed by atoms with Crippen molar-refractivity contribution in [3.63, 3.8) is 0 Å². The fraction of sp³-hybridized carbons (Fsp3) is 0.438. The van der Waals surface area contributed by atoms with Crippen LogP contribution in [0.25, 0.3) is 0 Å². The summed E-state index contributed by atoms with van der Waals surface area (Å²) >= 11 is 0. The number of ether oxygens (including phenoxy) is 5. The highest BCUT2D eigenvalue weighted by Gasteiger charge is 2.32. The van der Waals surface area contributed by atoms with Crippen LogP contribution in [-0.2, 0) is 46.5 Å². The van der Waals surface area contributed by atoms with Gasteiger partial charge >= 0.3 is 36.3 Å². The first-order valence-electron chi connectivity index (χ1n) is 14.6. The largest absolute Gasteiger partial charge is 0.445 e. The molecule has 0 saturated carbocycles. The van der Waals surface area contributed by atoms with Crippen LogP contribution in [0.4, 0.5) is 19.2 Å². The highest BCUT2D eigenvalue weighted by Crippen LogP contribution is 2.09. The number of hydrogen-bond donors (Lipinski definition) is 4. The number of alkyl carbamates (subject to hydrolysis) is 4. The van der Waals surface area contributed by atoms with Gasteiger partial charge in [-0.3, -0.25) is 0 Å². The molecule has 0 fully saturated rings. The summed E-state index contributed by atoms with van der Waals surface area (Å²) in [4.78, 5) is 75.7. The summed E-state index contributed by atoms with van der Waals surface area (Å²) in [5.41, 5.74) is -0.478. The fourth-order valence-corrected chi connectivity index (χ4v) is 3.45. The summed E-state index contributed by atoms with van der Waals surface area (Å²) in [5.74, 6) is -2.63. The average Bonchev–Trinajstić information content (AvgIpc) is 2.98. The zero-order valence-corrected chi connectivity index (χ0v) is 27.2. The van der Waals surface area contributed by atoms with Gasteiger partial charge in [0.2, 0.25) is 0 Å². The monoisotopic (exact) mass is 658 g/mol. The van der Waals surface area contributed by atoms with Crippen LogP contribution in [0.3, 0.4) is 0 Å². The maximum absolute atomic E-state index is 13.1. The van der Waals surface area contributed by atoms with Crippen LogP contribution in [0.2, 0.25) is 0 Å². The Morgan fingerprint density at radius 3 is 1.21 bits per heavy atom. The lowest BCUT2D eigenvalue weighted by Gasteiger charge is -2.24. The van der Waals surface area contributed by atoms with Crippen molar-refractivity contribution in [2.45, 2.75) is 78.0 Å². The molecule has 256 valence electrons. The van der Waals surface area contributed by atoms with Gasteiger partial charge in [-0.2, -0.15) is 0 Å². The first-order chi connectivity index (χ1) is 22.0. The molecule has 0 radical (unpaired) electrons. The highest BCUT2D eigenvalue weighted by molar-refractivity contribution is 5.94. The zero-order valence-electron chi connectivity index (χ0n) is 27.2. The van der Waals surface area contributed by atoms with Crippen molar-refractivity contribution >= 4 is 36.3 Å². The molecule has 2 aromatic carbocycles. The van der Waals surface area contributed by atoms with Gasteiger partial charge in [0.15, 0.2) is 0 Å². The minimum absolute atomic E-state index is 0.0709. The van der Waals surface area contributed by atoms with E-state index in [4.69, 9.17) is 23.7 Å². The van der Waals surface area contributed by atoms with Gasteiger partial charge in [-0.1, -0.05) is 60.7 Å². The lowest BCUT2D eigenvalue weighted by atomic mass is 10.2. The van der Waals surface area contributed by atoms with Crippen molar-refractivity contribution in [1.29, 1.82) is 0 Å². The average molecular weight is 659 g/mol. The van der Waals surface area contributed by atoms with Crippen LogP contribution in [0.15, 0.2) is 60.7 Å². The predicted molar refractivity (Wildman–Crippen MR) is 167 cm³/mol. The van der Waals surface area contributed by atoms with Crippen molar-refractivity contribution in [2.24, 2.45) is 0 Å². The maximum Gasteiger partial charge on any atom is 0.408 e. The van der Waals surface area contributed by atoms with Crippen LogP contribution < -0.4 is 21.3 Å². The molecule has 0 heterocycles. The molecule has 0 spiro atoms. The molecule has 0 saturated heterocycles. The molecule has 2 atom stereocenters. The molecule has 2 unspecified atom stereocenters. The highest BCUT2D eigenvalue weighted by atomic mass is 16.6. The molecule has 2 rings (SSSR count). The van der Waals surface area contributed by atoms with Crippen molar-refractivity contribution in [1.82, 2.24) is 21.3 Å². The topological polar surface area (TPSA) is 197 Å². The Morgan fingerprint density at radius 2 is 0.894 bits per heavy atom. The Morgan fingerprint density at radius 1 is 0.553 bits per heavy atom. The van der Waals surface area contributed by atoms with Gasteiger partial charge < -0.3 is 45.0 Å². The minimum atomic E-state index is -1.64. The maximum atomic E-state index is 13.1. The third kappa shape index (κ3) is 16.5. The number of nitrogens with one attached hydrogen (secondary N) is 4. The van der Waals surface area contributed by atoms with Gasteiger partial charge in [0.05, 0.1) is 13.1 Å². The smallest absolute Gasteiger partial charge is 0.408 e. The van der Waals surface area contributed by atoms with E-state index in [1.807, 2.05) is 0 Å². The summed E-state index contributed by atoms with van der Waals surface area (Å²) in [6.45, 7) is 8.28. The number of esters is 2. The zero-order chi connectivity index (χ0) is 35.0. The van der Waals surface area contributed by atoms with Crippen molar-refractivity contribution in [2.75, 3.05) is 13.1 Å². The summed E-state index contributed by atoms with van der Waals surface area (Å²) < 4.78 is 25.6. The number of rotatable bonds is 12. The van der Waals surface area contributed by atoms with E-state index in [-0.39, 0.29) is 13.2 Å². The van der Waals surface area contributed by atoms with Crippen LogP contribution in [0.5, 0.6) is 0 Å². The third-order valence-electron chi connectivity index (χ3n) is 5.48. The molecular weight excluding hydrogens is 616 g/mol. The minimum Gasteiger partial charge on any atom is -0.445 e. The quantitative estimate of drug-likeness (QED) is 0.147. The Hall–Kier alpha value is -5.34. The van der Waals surface area contributed by atoms with Crippen molar-refractivity contribution < 1.29 is 52.5 Å². The van der Waals surface area contributed by atoms with Crippen LogP contribution in [0.1, 0.15) is 52.7 Å². The van der Waals surface area contributed by atoms with Crippen LogP contribution >= 0.6 is 0 Å². The first kappa shape index (κ1) is 37.8. The van der Waals surface area contributed by atoms with Crippen LogP contribution in [-0.4, -0.2) is 72.7 Å². The van der Waals surface area contributed by atoms with Crippen molar-refractivity contribution in [3.8, 4) is 0 Å². The van der Waals surface area contributed by atoms with Gasteiger partial charge in [0.25, 0.3) is 0 Å². The third-order valence-corrected chi connectivity index (χ3v) is 5.48. The first-order valence-corrected chi connectivity index (χ1v) is 14.6. The van der Waals surface area contributed by atoms with Gasteiger partial charge in [-0.25, -0.2) is 28.8 Å². The lowest BCUT2D eigenvalue weighted by Crippen LogP contribution is -2.54. The molecule has 0 bridgehead atoms. The van der Waals surface area contributed by atoms with E-state index in [0.717, 1.165) is 0 Å². The van der Waals surface area contributed by atoms with E-state index >= 15 is 0 Å². The predicted octanol–water partition coefficient (Wildman–Crippen LogP) is 3.70. The summed E-state index contributed by atoms with van der Waals surface area (Å²) in [6.07, 6.45) is -3.94. The van der Waals surface area contributed by atoms with E-state index in [1.54, 1.807) is 102 Å². The second-order valence-corrected chi connectivity index (χ2v) is 12.0. The van der Waals surface area contributed by atoms with E-state index < -0.39 is 72.7 Å². The van der Waals surface area contributed by atoms with Crippen LogP contribution in [0, 0.1) is 0 Å². The standard InChI is InChI=1S/C32H42N4O11/c1-31(2,3)46-29(41)35-23(17-33-27(39)43-19-21-13-9-7-10-14-21)25(37)45-26(38)24(36-30(42)47-32(4,5)6)18-34-28(40)44-20-22-15-11-8-12-16-22/h7-16,23-24H,17-20H2,1-6H3,(H,33,39)(H,34,40)(H,35,41)(H,36,42). The van der Waals surface area contributed by atoms with E-state index in [2.05, 4.69) is 21.3 Å². The second kappa shape index (κ2) is 18.0.